The largest absolute Gasteiger partial charge is 0.493 e. The Bertz CT molecular complexity index is 861. The Morgan fingerprint density at radius 3 is 2.48 bits per heavy atom. The molecule has 1 aliphatic heterocycles. The van der Waals surface area contributed by atoms with Gasteiger partial charge in [0.05, 0.1) is 26.5 Å². The van der Waals surface area contributed by atoms with Crippen molar-refractivity contribution in [3.05, 3.63) is 41.2 Å². The number of likely N-dealkylation sites (N-methyl/N-ethyl adjacent to an activating group) is 1. The smallest absolute Gasteiger partial charge is 0.194 e. The Morgan fingerprint density at radius 1 is 1.24 bits per heavy atom. The highest BCUT2D eigenvalue weighted by atomic mass is 16.5. The van der Waals surface area contributed by atoms with E-state index in [0.717, 1.165) is 43.5 Å². The SMILES string of the molecule is CN=C(NCC(c1cnn(C)c1)N(C)C)N1CCc2cc(OC)c(OC)cc2C1. The maximum Gasteiger partial charge on any atom is 0.194 e. The highest BCUT2D eigenvalue weighted by Gasteiger charge is 2.23. The van der Waals surface area contributed by atoms with Crippen LogP contribution in [0.3, 0.4) is 0 Å². The molecule has 1 aliphatic rings. The van der Waals surface area contributed by atoms with Gasteiger partial charge >= 0.3 is 0 Å². The number of guanidine groups is 1. The van der Waals surface area contributed by atoms with Crippen LogP contribution in [0.5, 0.6) is 11.5 Å². The van der Waals surface area contributed by atoms with Gasteiger partial charge in [-0.2, -0.15) is 5.10 Å². The molecule has 0 amide bonds. The van der Waals surface area contributed by atoms with Crippen molar-refractivity contribution in [1.29, 1.82) is 0 Å². The monoisotopic (exact) mass is 400 g/mol. The number of nitrogens with zero attached hydrogens (tertiary/aromatic N) is 5. The maximum atomic E-state index is 5.48. The van der Waals surface area contributed by atoms with Gasteiger partial charge in [0.1, 0.15) is 0 Å². The topological polar surface area (TPSA) is 67.2 Å². The number of ether oxygens (including phenoxy) is 2. The molecule has 1 unspecified atom stereocenters. The molecule has 1 aromatic carbocycles. The number of hydrogen-bond donors (Lipinski definition) is 1. The standard InChI is InChI=1S/C21H32N6O2/c1-22-21(23-12-18(25(2)3)17-11-24-26(4)13-17)27-8-7-15-9-19(28-5)20(29-6)10-16(15)14-27/h9-11,13,18H,7-8,12,14H2,1-6H3,(H,22,23). The Hall–Kier alpha value is -2.74. The van der Waals surface area contributed by atoms with Crippen LogP contribution in [-0.4, -0.2) is 74.0 Å². The molecule has 0 fully saturated rings. The zero-order valence-corrected chi connectivity index (χ0v) is 18.3. The zero-order chi connectivity index (χ0) is 21.0. The van der Waals surface area contributed by atoms with Crippen molar-refractivity contribution in [2.75, 3.05) is 48.5 Å². The van der Waals surface area contributed by atoms with Gasteiger partial charge in [-0.1, -0.05) is 0 Å². The Kier molecular flexibility index (Phi) is 6.64. The molecule has 0 bridgehead atoms. The van der Waals surface area contributed by atoms with Crippen LogP contribution in [0.15, 0.2) is 29.5 Å². The van der Waals surface area contributed by atoms with Crippen molar-refractivity contribution < 1.29 is 9.47 Å². The Morgan fingerprint density at radius 2 is 1.93 bits per heavy atom. The third kappa shape index (κ3) is 4.64. The van der Waals surface area contributed by atoms with Crippen molar-refractivity contribution in [2.24, 2.45) is 12.0 Å². The summed E-state index contributed by atoms with van der Waals surface area (Å²) in [6.45, 7) is 2.44. The molecule has 0 radical (unpaired) electrons. The fraction of sp³-hybridized carbons (Fsp3) is 0.524. The Balaban J connectivity index is 1.71. The van der Waals surface area contributed by atoms with Crippen molar-refractivity contribution in [1.82, 2.24) is 24.9 Å². The number of hydrogen-bond acceptors (Lipinski definition) is 5. The first-order chi connectivity index (χ1) is 14.0. The summed E-state index contributed by atoms with van der Waals surface area (Å²) in [6, 6.07) is 4.37. The molecule has 8 nitrogen and oxygen atoms in total. The second kappa shape index (κ2) is 9.17. The molecule has 1 aromatic heterocycles. The van der Waals surface area contributed by atoms with Gasteiger partial charge in [0.2, 0.25) is 0 Å². The van der Waals surface area contributed by atoms with Crippen molar-refractivity contribution >= 4 is 5.96 Å². The van der Waals surface area contributed by atoms with Crippen LogP contribution in [-0.2, 0) is 20.0 Å². The molecule has 8 heteroatoms. The van der Waals surface area contributed by atoms with Crippen LogP contribution in [0.25, 0.3) is 0 Å². The van der Waals surface area contributed by atoms with E-state index in [0.29, 0.717) is 0 Å². The van der Waals surface area contributed by atoms with E-state index in [9.17, 15) is 0 Å². The van der Waals surface area contributed by atoms with E-state index in [1.165, 1.54) is 16.7 Å². The summed E-state index contributed by atoms with van der Waals surface area (Å²) >= 11 is 0. The van der Waals surface area contributed by atoms with E-state index in [1.807, 2.05) is 25.0 Å². The molecule has 29 heavy (non-hydrogen) atoms. The molecule has 2 aromatic rings. The molecule has 0 saturated heterocycles. The van der Waals surface area contributed by atoms with Crippen LogP contribution >= 0.6 is 0 Å². The molecule has 2 heterocycles. The summed E-state index contributed by atoms with van der Waals surface area (Å²) in [5.41, 5.74) is 3.73. The summed E-state index contributed by atoms with van der Waals surface area (Å²) in [5, 5.41) is 7.86. The third-order valence-electron chi connectivity index (χ3n) is 5.42. The molecule has 0 saturated carbocycles. The van der Waals surface area contributed by atoms with Gasteiger partial charge in [0.15, 0.2) is 17.5 Å². The van der Waals surface area contributed by atoms with Crippen LogP contribution in [0, 0.1) is 0 Å². The number of nitrogens with one attached hydrogen (secondary N) is 1. The normalized spacial score (nSPS) is 15.3. The molecule has 1 N–H and O–H groups in total. The first kappa shape index (κ1) is 21.0. The van der Waals surface area contributed by atoms with Gasteiger partial charge in [-0.25, -0.2) is 0 Å². The molecule has 3 rings (SSSR count). The minimum atomic E-state index is 0.210. The quantitative estimate of drug-likeness (QED) is 0.588. The van der Waals surface area contributed by atoms with E-state index in [4.69, 9.17) is 9.47 Å². The molecule has 1 atom stereocenters. The number of benzene rings is 1. The van der Waals surface area contributed by atoms with Gasteiger partial charge < -0.3 is 24.6 Å². The van der Waals surface area contributed by atoms with Gasteiger partial charge in [0, 0.05) is 45.5 Å². The number of methoxy groups -OCH3 is 2. The first-order valence-corrected chi connectivity index (χ1v) is 9.81. The first-order valence-electron chi connectivity index (χ1n) is 9.81. The van der Waals surface area contributed by atoms with E-state index >= 15 is 0 Å². The average molecular weight is 401 g/mol. The number of aryl methyl sites for hydroxylation is 1. The summed E-state index contributed by atoms with van der Waals surface area (Å²) in [4.78, 5) is 9.00. The van der Waals surface area contributed by atoms with E-state index < -0.39 is 0 Å². The van der Waals surface area contributed by atoms with Crippen LogP contribution in [0.4, 0.5) is 0 Å². The van der Waals surface area contributed by atoms with Gasteiger partial charge in [0.25, 0.3) is 0 Å². The summed E-state index contributed by atoms with van der Waals surface area (Å²) in [6.07, 6.45) is 4.92. The fourth-order valence-corrected chi connectivity index (χ4v) is 3.79. The highest BCUT2D eigenvalue weighted by molar-refractivity contribution is 5.80. The number of rotatable bonds is 6. The summed E-state index contributed by atoms with van der Waals surface area (Å²) in [5.74, 6) is 2.45. The summed E-state index contributed by atoms with van der Waals surface area (Å²) < 4.78 is 12.8. The predicted octanol–water partition coefficient (Wildman–Crippen LogP) is 1.67. The second-order valence-corrected chi connectivity index (χ2v) is 7.50. The van der Waals surface area contributed by atoms with E-state index in [1.54, 1.807) is 14.2 Å². The second-order valence-electron chi connectivity index (χ2n) is 7.50. The lowest BCUT2D eigenvalue weighted by molar-refractivity contribution is 0.291. The van der Waals surface area contributed by atoms with Crippen LogP contribution in [0.1, 0.15) is 22.7 Å². The highest BCUT2D eigenvalue weighted by Crippen LogP contribution is 2.33. The lowest BCUT2D eigenvalue weighted by Crippen LogP contribution is -2.46. The molecule has 0 aliphatic carbocycles. The third-order valence-corrected chi connectivity index (χ3v) is 5.42. The van der Waals surface area contributed by atoms with E-state index in [-0.39, 0.29) is 6.04 Å². The molecule has 0 spiro atoms. The lowest BCUT2D eigenvalue weighted by Gasteiger charge is -2.33. The predicted molar refractivity (Wildman–Crippen MR) is 115 cm³/mol. The molecular formula is C21H32N6O2. The van der Waals surface area contributed by atoms with Crippen molar-refractivity contribution in [2.45, 2.75) is 19.0 Å². The summed E-state index contributed by atoms with van der Waals surface area (Å²) in [7, 11) is 11.3. The van der Waals surface area contributed by atoms with Crippen molar-refractivity contribution in [3.63, 3.8) is 0 Å². The maximum absolute atomic E-state index is 5.48. The Labute approximate surface area is 173 Å². The van der Waals surface area contributed by atoms with E-state index in [2.05, 4.69) is 57.6 Å². The number of aromatic nitrogens is 2. The minimum absolute atomic E-state index is 0.210. The van der Waals surface area contributed by atoms with Gasteiger partial charge in [-0.3, -0.25) is 9.67 Å². The number of fused-ring (bicyclic) bond motifs is 1. The van der Waals surface area contributed by atoms with Gasteiger partial charge in [-0.05, 0) is 43.8 Å². The molecule has 158 valence electrons. The number of aliphatic imine (C=N–C) groups is 1. The lowest BCUT2D eigenvalue weighted by atomic mass is 9.99. The average Bonchev–Trinajstić information content (AvgIpc) is 3.15. The van der Waals surface area contributed by atoms with Crippen LogP contribution in [0.2, 0.25) is 0 Å². The zero-order valence-electron chi connectivity index (χ0n) is 18.3. The molecular weight excluding hydrogens is 368 g/mol. The fourth-order valence-electron chi connectivity index (χ4n) is 3.79. The van der Waals surface area contributed by atoms with Crippen LogP contribution < -0.4 is 14.8 Å². The van der Waals surface area contributed by atoms with Gasteiger partial charge in [-0.15, -0.1) is 0 Å². The van der Waals surface area contributed by atoms with Crippen molar-refractivity contribution in [3.8, 4) is 11.5 Å². The minimum Gasteiger partial charge on any atom is -0.493 e.